The van der Waals surface area contributed by atoms with Crippen LogP contribution in [0.5, 0.6) is 0 Å². The minimum absolute atomic E-state index is 0.379. The number of hydrogen-bond donors (Lipinski definition) is 1. The minimum atomic E-state index is 0.379. The molecule has 1 aromatic heterocycles. The van der Waals surface area contributed by atoms with Gasteiger partial charge in [-0.1, -0.05) is 27.7 Å². The van der Waals surface area contributed by atoms with E-state index in [-0.39, 0.29) is 0 Å². The van der Waals surface area contributed by atoms with Gasteiger partial charge in [-0.05, 0) is 24.3 Å². The van der Waals surface area contributed by atoms with Crippen molar-refractivity contribution in [3.8, 4) is 0 Å². The SMILES string of the molecule is CC(C)CNCc1coc(N2CCC(C)(C)C2)n1. The molecule has 1 saturated heterocycles. The summed E-state index contributed by atoms with van der Waals surface area (Å²) in [5.74, 6) is 0.663. The molecular formula is C14H25N3O. The molecule has 1 aliphatic heterocycles. The van der Waals surface area contributed by atoms with Crippen LogP contribution in [-0.4, -0.2) is 24.6 Å². The van der Waals surface area contributed by atoms with Gasteiger partial charge in [-0.2, -0.15) is 4.98 Å². The quantitative estimate of drug-likeness (QED) is 0.873. The molecular weight excluding hydrogens is 226 g/mol. The van der Waals surface area contributed by atoms with Gasteiger partial charge in [-0.3, -0.25) is 0 Å². The molecule has 2 heterocycles. The molecule has 1 aromatic rings. The van der Waals surface area contributed by atoms with Crippen molar-refractivity contribution in [3.63, 3.8) is 0 Å². The molecule has 1 fully saturated rings. The zero-order chi connectivity index (χ0) is 13.2. The van der Waals surface area contributed by atoms with E-state index in [1.807, 2.05) is 0 Å². The molecule has 1 N–H and O–H groups in total. The second kappa shape index (κ2) is 5.31. The van der Waals surface area contributed by atoms with Crippen LogP contribution in [0.2, 0.25) is 0 Å². The Bertz CT molecular complexity index is 384. The van der Waals surface area contributed by atoms with E-state index in [0.717, 1.165) is 37.9 Å². The van der Waals surface area contributed by atoms with E-state index in [2.05, 4.69) is 42.9 Å². The lowest BCUT2D eigenvalue weighted by atomic mass is 9.93. The number of aromatic nitrogens is 1. The van der Waals surface area contributed by atoms with Crippen molar-refractivity contribution in [2.24, 2.45) is 11.3 Å². The van der Waals surface area contributed by atoms with E-state index in [1.165, 1.54) is 6.42 Å². The summed E-state index contributed by atoms with van der Waals surface area (Å²) in [4.78, 5) is 6.79. The summed E-state index contributed by atoms with van der Waals surface area (Å²) in [6, 6.07) is 0.780. The molecule has 4 heteroatoms. The molecule has 4 nitrogen and oxygen atoms in total. The number of nitrogens with one attached hydrogen (secondary N) is 1. The summed E-state index contributed by atoms with van der Waals surface area (Å²) in [5, 5.41) is 3.38. The summed E-state index contributed by atoms with van der Waals surface area (Å²) in [6.07, 6.45) is 2.98. The molecule has 18 heavy (non-hydrogen) atoms. The predicted molar refractivity (Wildman–Crippen MR) is 73.7 cm³/mol. The number of anilines is 1. The topological polar surface area (TPSA) is 41.3 Å². The van der Waals surface area contributed by atoms with Crippen LogP contribution in [0.3, 0.4) is 0 Å². The minimum Gasteiger partial charge on any atom is -0.432 e. The highest BCUT2D eigenvalue weighted by Crippen LogP contribution is 2.31. The van der Waals surface area contributed by atoms with Crippen LogP contribution in [0, 0.1) is 11.3 Å². The molecule has 0 atom stereocenters. The highest BCUT2D eigenvalue weighted by atomic mass is 16.4. The second-order valence-corrected chi connectivity index (χ2v) is 6.48. The Balaban J connectivity index is 1.87. The van der Waals surface area contributed by atoms with Crippen LogP contribution >= 0.6 is 0 Å². The highest BCUT2D eigenvalue weighted by Gasteiger charge is 2.31. The molecule has 102 valence electrons. The lowest BCUT2D eigenvalue weighted by Crippen LogP contribution is -2.23. The lowest BCUT2D eigenvalue weighted by molar-refractivity contribution is 0.415. The Morgan fingerprint density at radius 2 is 2.28 bits per heavy atom. The van der Waals surface area contributed by atoms with Crippen molar-refractivity contribution in [3.05, 3.63) is 12.0 Å². The molecule has 0 radical (unpaired) electrons. The van der Waals surface area contributed by atoms with Gasteiger partial charge in [-0.15, -0.1) is 0 Å². The van der Waals surface area contributed by atoms with Crippen LogP contribution in [0.15, 0.2) is 10.7 Å². The van der Waals surface area contributed by atoms with Gasteiger partial charge < -0.3 is 14.6 Å². The summed E-state index contributed by atoms with van der Waals surface area (Å²) < 4.78 is 5.57. The van der Waals surface area contributed by atoms with Crippen LogP contribution in [0.4, 0.5) is 6.01 Å². The first-order valence-corrected chi connectivity index (χ1v) is 6.86. The van der Waals surface area contributed by atoms with E-state index in [9.17, 15) is 0 Å². The lowest BCUT2D eigenvalue weighted by Gasteiger charge is -2.17. The average molecular weight is 251 g/mol. The average Bonchev–Trinajstić information content (AvgIpc) is 2.84. The van der Waals surface area contributed by atoms with E-state index in [1.54, 1.807) is 6.26 Å². The fraction of sp³-hybridized carbons (Fsp3) is 0.786. The third-order valence-corrected chi connectivity index (χ3v) is 3.35. The van der Waals surface area contributed by atoms with Gasteiger partial charge >= 0.3 is 0 Å². The van der Waals surface area contributed by atoms with Gasteiger partial charge in [0.15, 0.2) is 0 Å². The molecule has 2 rings (SSSR count). The normalized spacial score (nSPS) is 18.8. The first-order chi connectivity index (χ1) is 8.46. The fourth-order valence-corrected chi connectivity index (χ4v) is 2.29. The molecule has 0 saturated carbocycles. The van der Waals surface area contributed by atoms with E-state index >= 15 is 0 Å². The zero-order valence-electron chi connectivity index (χ0n) is 12.0. The van der Waals surface area contributed by atoms with Crippen molar-refractivity contribution in [2.75, 3.05) is 24.5 Å². The predicted octanol–water partition coefficient (Wildman–Crippen LogP) is 2.66. The summed E-state index contributed by atoms with van der Waals surface area (Å²) in [5.41, 5.74) is 1.38. The maximum Gasteiger partial charge on any atom is 0.297 e. The molecule has 0 unspecified atom stereocenters. The maximum absolute atomic E-state index is 5.57. The molecule has 0 aromatic carbocycles. The van der Waals surface area contributed by atoms with Crippen molar-refractivity contribution in [1.82, 2.24) is 10.3 Å². The fourth-order valence-electron chi connectivity index (χ4n) is 2.29. The maximum atomic E-state index is 5.57. The van der Waals surface area contributed by atoms with Crippen molar-refractivity contribution >= 4 is 6.01 Å². The summed E-state index contributed by atoms with van der Waals surface area (Å²) >= 11 is 0. The molecule has 0 amide bonds. The van der Waals surface area contributed by atoms with Crippen molar-refractivity contribution in [1.29, 1.82) is 0 Å². The first kappa shape index (κ1) is 13.4. The Morgan fingerprint density at radius 3 is 2.89 bits per heavy atom. The van der Waals surface area contributed by atoms with Gasteiger partial charge in [0.25, 0.3) is 6.01 Å². The van der Waals surface area contributed by atoms with Crippen molar-refractivity contribution < 1.29 is 4.42 Å². The third kappa shape index (κ3) is 3.48. The smallest absolute Gasteiger partial charge is 0.297 e. The van der Waals surface area contributed by atoms with E-state index < -0.39 is 0 Å². The summed E-state index contributed by atoms with van der Waals surface area (Å²) in [6.45, 7) is 12.9. The van der Waals surface area contributed by atoms with Crippen LogP contribution in [-0.2, 0) is 6.54 Å². The zero-order valence-corrected chi connectivity index (χ0v) is 12.0. The molecule has 0 aliphatic carbocycles. The Labute approximate surface area is 110 Å². The van der Waals surface area contributed by atoms with Gasteiger partial charge in [0.1, 0.15) is 6.26 Å². The van der Waals surface area contributed by atoms with Crippen LogP contribution in [0.25, 0.3) is 0 Å². The third-order valence-electron chi connectivity index (χ3n) is 3.35. The molecule has 0 bridgehead atoms. The standard InChI is InChI=1S/C14H25N3O/c1-11(2)7-15-8-12-9-18-13(16-12)17-6-5-14(3,4)10-17/h9,11,15H,5-8,10H2,1-4H3. The monoisotopic (exact) mass is 251 g/mol. The van der Waals surface area contributed by atoms with Crippen LogP contribution < -0.4 is 10.2 Å². The van der Waals surface area contributed by atoms with Gasteiger partial charge in [0.05, 0.1) is 5.69 Å². The first-order valence-electron chi connectivity index (χ1n) is 6.86. The van der Waals surface area contributed by atoms with E-state index in [0.29, 0.717) is 11.3 Å². The van der Waals surface area contributed by atoms with Gasteiger partial charge in [0, 0.05) is 19.6 Å². The van der Waals surface area contributed by atoms with Crippen LogP contribution in [0.1, 0.15) is 39.8 Å². The summed E-state index contributed by atoms with van der Waals surface area (Å²) in [7, 11) is 0. The molecule has 0 spiro atoms. The van der Waals surface area contributed by atoms with Gasteiger partial charge in [-0.25, -0.2) is 0 Å². The number of hydrogen-bond acceptors (Lipinski definition) is 4. The Kier molecular flexibility index (Phi) is 3.95. The second-order valence-electron chi connectivity index (χ2n) is 6.48. The number of oxazole rings is 1. The van der Waals surface area contributed by atoms with Gasteiger partial charge in [0.2, 0.25) is 0 Å². The molecule has 1 aliphatic rings. The highest BCUT2D eigenvalue weighted by molar-refractivity contribution is 5.29. The largest absolute Gasteiger partial charge is 0.432 e. The number of nitrogens with zero attached hydrogens (tertiary/aromatic N) is 2. The van der Waals surface area contributed by atoms with Crippen molar-refractivity contribution in [2.45, 2.75) is 40.7 Å². The Morgan fingerprint density at radius 1 is 1.50 bits per heavy atom. The number of rotatable bonds is 5. The van der Waals surface area contributed by atoms with E-state index in [4.69, 9.17) is 4.42 Å². The Hall–Kier alpha value is -1.03.